The third-order valence-corrected chi connectivity index (χ3v) is 1.97. The predicted molar refractivity (Wildman–Crippen MR) is 51.8 cm³/mol. The summed E-state index contributed by atoms with van der Waals surface area (Å²) in [6.45, 7) is 1.16. The van der Waals surface area contributed by atoms with Crippen molar-refractivity contribution in [1.82, 2.24) is 0 Å². The lowest BCUT2D eigenvalue weighted by Gasteiger charge is -2.06. The van der Waals surface area contributed by atoms with Gasteiger partial charge < -0.3 is 4.74 Å². The number of halogens is 1. The van der Waals surface area contributed by atoms with E-state index in [4.69, 9.17) is 11.6 Å². The van der Waals surface area contributed by atoms with Crippen molar-refractivity contribution in [3.05, 3.63) is 35.9 Å². The van der Waals surface area contributed by atoms with Crippen molar-refractivity contribution >= 4 is 23.5 Å². The molecule has 0 saturated carbocycles. The molecule has 0 amide bonds. The molecule has 14 heavy (non-hydrogen) atoms. The van der Waals surface area contributed by atoms with E-state index in [1.54, 1.807) is 24.3 Å². The molecule has 0 radical (unpaired) electrons. The van der Waals surface area contributed by atoms with Gasteiger partial charge in [0.05, 0.1) is 0 Å². The van der Waals surface area contributed by atoms with Gasteiger partial charge >= 0.3 is 11.9 Å². The molecule has 0 aromatic heterocycles. The van der Waals surface area contributed by atoms with E-state index >= 15 is 0 Å². The summed E-state index contributed by atoms with van der Waals surface area (Å²) in [6.07, 6.45) is 0. The van der Waals surface area contributed by atoms with E-state index in [2.05, 4.69) is 4.74 Å². The maximum atomic E-state index is 11.2. The number of esters is 2. The number of hydrogen-bond donors (Lipinski definition) is 0. The molecule has 0 aliphatic carbocycles. The fourth-order valence-electron chi connectivity index (χ4n) is 0.951. The Kier molecular flexibility index (Phi) is 3.65. The van der Waals surface area contributed by atoms with Crippen LogP contribution >= 0.6 is 11.6 Å². The Morgan fingerprint density at radius 3 is 2.36 bits per heavy atom. The molecule has 4 heteroatoms. The van der Waals surface area contributed by atoms with Crippen LogP contribution in [0.3, 0.4) is 0 Å². The van der Waals surface area contributed by atoms with Crippen molar-refractivity contribution in [2.75, 3.05) is 0 Å². The molecule has 1 aromatic rings. The lowest BCUT2D eigenvalue weighted by molar-refractivity contribution is -0.157. The molecule has 1 aromatic carbocycles. The van der Waals surface area contributed by atoms with E-state index in [1.807, 2.05) is 6.07 Å². The van der Waals surface area contributed by atoms with E-state index < -0.39 is 17.3 Å². The fraction of sp³-hybridized carbons (Fsp3) is 0.200. The topological polar surface area (TPSA) is 43.4 Å². The highest BCUT2D eigenvalue weighted by Crippen LogP contribution is 2.21. The summed E-state index contributed by atoms with van der Waals surface area (Å²) < 4.78 is 4.36. The number of carbonyl (C=O) groups excluding carboxylic acids is 2. The Balaban J connectivity index is 2.71. The maximum Gasteiger partial charge on any atom is 0.336 e. The van der Waals surface area contributed by atoms with Crippen molar-refractivity contribution in [3.8, 4) is 0 Å². The second kappa shape index (κ2) is 4.77. The number of alkyl halides is 1. The van der Waals surface area contributed by atoms with E-state index in [9.17, 15) is 9.59 Å². The Bertz CT molecular complexity index is 334. The third kappa shape index (κ3) is 2.85. The van der Waals surface area contributed by atoms with Crippen LogP contribution in [0.5, 0.6) is 0 Å². The van der Waals surface area contributed by atoms with Crippen LogP contribution in [0, 0.1) is 0 Å². The first kappa shape index (κ1) is 10.7. The van der Waals surface area contributed by atoms with Crippen LogP contribution < -0.4 is 0 Å². The zero-order chi connectivity index (χ0) is 10.6. The molecule has 0 fully saturated rings. The van der Waals surface area contributed by atoms with Crippen LogP contribution in [0.4, 0.5) is 0 Å². The molecule has 0 spiro atoms. The molecule has 74 valence electrons. The molecule has 0 bridgehead atoms. The number of carbonyl (C=O) groups is 2. The molecule has 3 nitrogen and oxygen atoms in total. The van der Waals surface area contributed by atoms with Gasteiger partial charge in [0, 0.05) is 6.92 Å². The van der Waals surface area contributed by atoms with Gasteiger partial charge in [-0.1, -0.05) is 30.3 Å². The SMILES string of the molecule is CC(=O)OC(=O)C(Cl)c1ccccc1. The minimum atomic E-state index is -0.930. The van der Waals surface area contributed by atoms with Gasteiger partial charge in [0.1, 0.15) is 0 Å². The normalized spacial score (nSPS) is 11.9. The monoisotopic (exact) mass is 212 g/mol. The molecule has 1 atom stereocenters. The second-order valence-electron chi connectivity index (χ2n) is 2.69. The highest BCUT2D eigenvalue weighted by Gasteiger charge is 2.20. The van der Waals surface area contributed by atoms with Gasteiger partial charge in [-0.05, 0) is 5.56 Å². The molecule has 0 heterocycles. The number of hydrogen-bond acceptors (Lipinski definition) is 3. The first-order valence-electron chi connectivity index (χ1n) is 4.02. The summed E-state index contributed by atoms with van der Waals surface area (Å²) >= 11 is 5.77. The Hall–Kier alpha value is -1.35. The van der Waals surface area contributed by atoms with E-state index in [0.717, 1.165) is 6.92 Å². The molecule has 0 saturated heterocycles. The van der Waals surface area contributed by atoms with Gasteiger partial charge in [0.25, 0.3) is 0 Å². The largest absolute Gasteiger partial charge is 0.392 e. The molecule has 1 unspecified atom stereocenters. The van der Waals surface area contributed by atoms with Gasteiger partial charge in [0.15, 0.2) is 5.38 Å². The summed E-state index contributed by atoms with van der Waals surface area (Å²) in [5.74, 6) is -1.40. The minimum absolute atomic E-state index is 0.611. The fourth-order valence-corrected chi connectivity index (χ4v) is 1.14. The number of ether oxygens (including phenoxy) is 1. The average Bonchev–Trinajstić information content (AvgIpc) is 2.17. The Labute approximate surface area is 86.6 Å². The highest BCUT2D eigenvalue weighted by molar-refractivity contribution is 6.30. The Morgan fingerprint density at radius 2 is 1.86 bits per heavy atom. The minimum Gasteiger partial charge on any atom is -0.392 e. The van der Waals surface area contributed by atoms with Crippen molar-refractivity contribution in [2.24, 2.45) is 0 Å². The Morgan fingerprint density at radius 1 is 1.29 bits per heavy atom. The predicted octanol–water partition coefficient (Wildman–Crippen LogP) is 2.06. The standard InChI is InChI=1S/C10H9ClO3/c1-7(12)14-10(13)9(11)8-5-3-2-4-6-8/h2-6,9H,1H3. The van der Waals surface area contributed by atoms with Crippen molar-refractivity contribution < 1.29 is 14.3 Å². The number of benzene rings is 1. The van der Waals surface area contributed by atoms with E-state index in [0.29, 0.717) is 5.56 Å². The van der Waals surface area contributed by atoms with Gasteiger partial charge in [-0.25, -0.2) is 4.79 Å². The van der Waals surface area contributed by atoms with Gasteiger partial charge in [-0.2, -0.15) is 0 Å². The summed E-state index contributed by atoms with van der Waals surface area (Å²) in [5, 5.41) is -0.930. The summed E-state index contributed by atoms with van der Waals surface area (Å²) in [6, 6.07) is 8.71. The lowest BCUT2D eigenvalue weighted by atomic mass is 10.1. The van der Waals surface area contributed by atoms with Crippen LogP contribution in [0.2, 0.25) is 0 Å². The van der Waals surface area contributed by atoms with Crippen molar-refractivity contribution in [1.29, 1.82) is 0 Å². The molecule has 0 aliphatic rings. The van der Waals surface area contributed by atoms with Gasteiger partial charge in [0.2, 0.25) is 0 Å². The van der Waals surface area contributed by atoms with Crippen LogP contribution in [-0.4, -0.2) is 11.9 Å². The molecular formula is C10H9ClO3. The van der Waals surface area contributed by atoms with Crippen molar-refractivity contribution in [3.63, 3.8) is 0 Å². The zero-order valence-corrected chi connectivity index (χ0v) is 8.32. The summed E-state index contributed by atoms with van der Waals surface area (Å²) in [7, 11) is 0. The van der Waals surface area contributed by atoms with E-state index in [-0.39, 0.29) is 0 Å². The molecule has 1 rings (SSSR count). The van der Waals surface area contributed by atoms with Crippen LogP contribution in [0.1, 0.15) is 17.9 Å². The first-order chi connectivity index (χ1) is 6.61. The van der Waals surface area contributed by atoms with Crippen LogP contribution in [0.25, 0.3) is 0 Å². The molecule has 0 aliphatic heterocycles. The van der Waals surface area contributed by atoms with Crippen molar-refractivity contribution in [2.45, 2.75) is 12.3 Å². The maximum absolute atomic E-state index is 11.2. The lowest BCUT2D eigenvalue weighted by Crippen LogP contribution is -2.14. The number of rotatable bonds is 2. The summed E-state index contributed by atoms with van der Waals surface area (Å²) in [5.41, 5.74) is 0.611. The third-order valence-electron chi connectivity index (χ3n) is 1.54. The smallest absolute Gasteiger partial charge is 0.336 e. The highest BCUT2D eigenvalue weighted by atomic mass is 35.5. The average molecular weight is 213 g/mol. The first-order valence-corrected chi connectivity index (χ1v) is 4.46. The molecular weight excluding hydrogens is 204 g/mol. The summed E-state index contributed by atoms with van der Waals surface area (Å²) in [4.78, 5) is 21.7. The van der Waals surface area contributed by atoms with Crippen LogP contribution in [-0.2, 0) is 14.3 Å². The molecule has 0 N–H and O–H groups in total. The second-order valence-corrected chi connectivity index (χ2v) is 3.12. The van der Waals surface area contributed by atoms with Gasteiger partial charge in [-0.3, -0.25) is 4.79 Å². The van der Waals surface area contributed by atoms with E-state index in [1.165, 1.54) is 0 Å². The zero-order valence-electron chi connectivity index (χ0n) is 7.57. The van der Waals surface area contributed by atoms with Crippen LogP contribution in [0.15, 0.2) is 30.3 Å². The quantitative estimate of drug-likeness (QED) is 0.428. The van der Waals surface area contributed by atoms with Gasteiger partial charge in [-0.15, -0.1) is 11.6 Å².